The summed E-state index contributed by atoms with van der Waals surface area (Å²) in [6.07, 6.45) is 3.08. The van der Waals surface area contributed by atoms with E-state index < -0.39 is 0 Å². The van der Waals surface area contributed by atoms with Gasteiger partial charge in [-0.05, 0) is 81.1 Å². The molecule has 1 aromatic heterocycles. The molecule has 6 rings (SSSR count). The van der Waals surface area contributed by atoms with E-state index in [9.17, 15) is 20.1 Å². The number of ether oxygens (including phenoxy) is 2. The fraction of sp³-hybridized carbons (Fsp3) is 0.0952. The summed E-state index contributed by atoms with van der Waals surface area (Å²) in [4.78, 5) is 25.8. The molecule has 7 nitrogen and oxygen atoms in total. The van der Waals surface area contributed by atoms with Crippen LogP contribution in [0.15, 0.2) is 138 Å². The number of imide groups is 1. The number of methoxy groups -OCH3 is 1. The molecule has 0 N–H and O–H groups in total. The fourth-order valence-electron chi connectivity index (χ4n) is 5.83. The van der Waals surface area contributed by atoms with Gasteiger partial charge in [-0.2, -0.15) is 10.5 Å². The Morgan fingerprint density at radius 1 is 0.640 bits per heavy atom. The summed E-state index contributed by atoms with van der Waals surface area (Å²) in [6, 6.07) is 41.9. The molecule has 0 saturated carbocycles. The topological polar surface area (TPSA) is 103 Å². The van der Waals surface area contributed by atoms with Crippen molar-refractivity contribution in [2.24, 2.45) is 0 Å². The number of carbonyl (C=O) groups excluding carboxylic acids is 2. The molecule has 50 heavy (non-hydrogen) atoms. The molecular formula is C42H31N3O4S. The highest BCUT2D eigenvalue weighted by atomic mass is 32.1. The first-order valence-corrected chi connectivity index (χ1v) is 16.8. The molecule has 0 aliphatic carbocycles. The quantitative estimate of drug-likeness (QED) is 0.0571. The number of hydrogen-bond acceptors (Lipinski definition) is 7. The van der Waals surface area contributed by atoms with Gasteiger partial charge in [0.2, 0.25) is 0 Å². The molecule has 0 spiro atoms. The van der Waals surface area contributed by atoms with Gasteiger partial charge < -0.3 is 9.47 Å². The summed E-state index contributed by atoms with van der Waals surface area (Å²) >= 11 is 1.49. The summed E-state index contributed by atoms with van der Waals surface area (Å²) in [7, 11) is 1.64. The van der Waals surface area contributed by atoms with Crippen LogP contribution in [0.5, 0.6) is 11.5 Å². The number of amides is 2. The van der Waals surface area contributed by atoms with E-state index in [0.717, 1.165) is 49.6 Å². The van der Waals surface area contributed by atoms with Crippen LogP contribution in [-0.2, 0) is 9.59 Å². The molecule has 0 radical (unpaired) electrons. The molecule has 5 aromatic rings. The van der Waals surface area contributed by atoms with E-state index in [0.29, 0.717) is 30.9 Å². The first-order chi connectivity index (χ1) is 24.5. The summed E-state index contributed by atoms with van der Waals surface area (Å²) < 4.78 is 11.5. The van der Waals surface area contributed by atoms with Crippen molar-refractivity contribution in [1.82, 2.24) is 4.90 Å². The Morgan fingerprint density at radius 3 is 1.64 bits per heavy atom. The number of allylic oxidation sites excluding steroid dienone is 1. The molecule has 1 aliphatic rings. The van der Waals surface area contributed by atoms with E-state index in [1.807, 2.05) is 109 Å². The molecule has 4 aromatic carbocycles. The van der Waals surface area contributed by atoms with Gasteiger partial charge >= 0.3 is 0 Å². The average molecular weight is 674 g/mol. The lowest BCUT2D eigenvalue weighted by atomic mass is 9.85. The number of thiophene rings is 1. The van der Waals surface area contributed by atoms with Crippen LogP contribution in [0.2, 0.25) is 0 Å². The fourth-order valence-corrected chi connectivity index (χ4v) is 6.62. The molecule has 1 aliphatic heterocycles. The molecule has 0 unspecified atom stereocenters. The minimum absolute atomic E-state index is 0.0651. The molecule has 244 valence electrons. The molecule has 2 amide bonds. The van der Waals surface area contributed by atoms with E-state index in [1.165, 1.54) is 28.4 Å². The highest BCUT2D eigenvalue weighted by Gasteiger charge is 2.22. The largest absolute Gasteiger partial charge is 0.497 e. The summed E-state index contributed by atoms with van der Waals surface area (Å²) in [5.74, 6) is 0.822. The Morgan fingerprint density at radius 2 is 1.14 bits per heavy atom. The van der Waals surface area contributed by atoms with Crippen molar-refractivity contribution in [2.75, 3.05) is 20.3 Å². The average Bonchev–Trinajstić information content (AvgIpc) is 3.81. The number of benzene rings is 4. The van der Waals surface area contributed by atoms with Crippen LogP contribution in [0.3, 0.4) is 0 Å². The van der Waals surface area contributed by atoms with Gasteiger partial charge in [0.15, 0.2) is 0 Å². The third-order valence-electron chi connectivity index (χ3n) is 8.23. The first-order valence-electron chi connectivity index (χ1n) is 15.9. The molecule has 8 heteroatoms. The summed E-state index contributed by atoms with van der Waals surface area (Å²) in [5, 5.41) is 21.5. The van der Waals surface area contributed by atoms with Crippen LogP contribution in [0.1, 0.15) is 39.1 Å². The minimum atomic E-state index is -0.297. The Hall–Kier alpha value is -6.48. The van der Waals surface area contributed by atoms with Gasteiger partial charge in [-0.15, -0.1) is 11.3 Å². The van der Waals surface area contributed by atoms with E-state index in [2.05, 4.69) is 24.3 Å². The highest BCUT2D eigenvalue weighted by Crippen LogP contribution is 2.39. The van der Waals surface area contributed by atoms with Crippen LogP contribution in [0.4, 0.5) is 0 Å². The van der Waals surface area contributed by atoms with Crippen LogP contribution in [0, 0.1) is 22.7 Å². The van der Waals surface area contributed by atoms with Gasteiger partial charge in [0.1, 0.15) is 29.2 Å². The molecule has 2 heterocycles. The van der Waals surface area contributed by atoms with Crippen LogP contribution in [-0.4, -0.2) is 37.0 Å². The van der Waals surface area contributed by atoms with Gasteiger partial charge in [-0.3, -0.25) is 14.5 Å². The maximum Gasteiger partial charge on any atom is 0.253 e. The zero-order chi connectivity index (χ0) is 34.9. The SMILES string of the molecule is COc1ccc(/C(=C(\c2ccccc2)c2ccc(C(=C(C#N)C#N)c3cccs3)cc2)c2ccc(OCCCN3C(=O)C=CC3=O)cc2)cc1. The van der Waals surface area contributed by atoms with Crippen LogP contribution in [0.25, 0.3) is 16.7 Å². The highest BCUT2D eigenvalue weighted by molar-refractivity contribution is 7.11. The molecule has 0 saturated heterocycles. The molecular weight excluding hydrogens is 643 g/mol. The monoisotopic (exact) mass is 673 g/mol. The third-order valence-corrected chi connectivity index (χ3v) is 9.12. The van der Waals surface area contributed by atoms with Crippen LogP contribution < -0.4 is 9.47 Å². The maximum absolute atomic E-state index is 11.9. The van der Waals surface area contributed by atoms with Gasteiger partial charge in [0.05, 0.1) is 13.7 Å². The second-order valence-electron chi connectivity index (χ2n) is 11.3. The van der Waals surface area contributed by atoms with Gasteiger partial charge in [-0.25, -0.2) is 0 Å². The lowest BCUT2D eigenvalue weighted by Gasteiger charge is -2.19. The van der Waals surface area contributed by atoms with Crippen molar-refractivity contribution < 1.29 is 19.1 Å². The minimum Gasteiger partial charge on any atom is -0.497 e. The number of rotatable bonds is 12. The maximum atomic E-state index is 11.9. The second-order valence-corrected chi connectivity index (χ2v) is 12.2. The number of hydrogen-bond donors (Lipinski definition) is 0. The van der Waals surface area contributed by atoms with Crippen molar-refractivity contribution in [3.63, 3.8) is 0 Å². The Kier molecular flexibility index (Phi) is 10.4. The van der Waals surface area contributed by atoms with Gasteiger partial charge in [-0.1, -0.05) is 84.9 Å². The molecule has 0 atom stereocenters. The smallest absolute Gasteiger partial charge is 0.253 e. The van der Waals surface area contributed by atoms with Gasteiger partial charge in [0, 0.05) is 29.1 Å². The predicted molar refractivity (Wildman–Crippen MR) is 195 cm³/mol. The van der Waals surface area contributed by atoms with Crippen molar-refractivity contribution in [3.05, 3.63) is 171 Å². The zero-order valence-electron chi connectivity index (χ0n) is 27.2. The van der Waals surface area contributed by atoms with E-state index in [4.69, 9.17) is 9.47 Å². The van der Waals surface area contributed by atoms with Crippen molar-refractivity contribution in [2.45, 2.75) is 6.42 Å². The number of nitriles is 2. The van der Waals surface area contributed by atoms with Crippen LogP contribution >= 0.6 is 11.3 Å². The lowest BCUT2D eigenvalue weighted by molar-refractivity contribution is -0.136. The normalized spacial score (nSPS) is 12.6. The van der Waals surface area contributed by atoms with Gasteiger partial charge in [0.25, 0.3) is 11.8 Å². The predicted octanol–water partition coefficient (Wildman–Crippen LogP) is 8.31. The first kappa shape index (κ1) is 33.4. The van der Waals surface area contributed by atoms with E-state index in [1.54, 1.807) is 7.11 Å². The summed E-state index contributed by atoms with van der Waals surface area (Å²) in [6.45, 7) is 0.645. The zero-order valence-corrected chi connectivity index (χ0v) is 28.0. The third kappa shape index (κ3) is 7.32. The number of carbonyl (C=O) groups is 2. The van der Waals surface area contributed by atoms with Crippen molar-refractivity contribution >= 4 is 39.9 Å². The number of nitrogens with zero attached hydrogens (tertiary/aromatic N) is 3. The Bertz CT molecular complexity index is 2140. The van der Waals surface area contributed by atoms with Crippen molar-refractivity contribution in [1.29, 1.82) is 10.5 Å². The summed E-state index contributed by atoms with van der Waals surface area (Å²) in [5.41, 5.74) is 7.34. The Labute approximate surface area is 294 Å². The second kappa shape index (κ2) is 15.6. The Balaban J connectivity index is 1.40. The van der Waals surface area contributed by atoms with E-state index in [-0.39, 0.29) is 17.4 Å². The molecule has 0 fully saturated rings. The molecule has 0 bridgehead atoms. The standard InChI is InChI=1S/C42H31N3O4S/c1-48-35-18-14-32(15-19-35)42(33-16-20-36(21-17-33)49-25-6-24-45-38(46)22-23-39(45)47)41(29-7-3-2-4-8-29)31-12-10-30(11-13-31)40(34(27-43)28-44)37-9-5-26-50-37/h2-5,7-23,26H,6,24-25H2,1H3/b42-41-. The lowest BCUT2D eigenvalue weighted by Crippen LogP contribution is -2.31. The van der Waals surface area contributed by atoms with Crippen molar-refractivity contribution in [3.8, 4) is 23.6 Å². The van der Waals surface area contributed by atoms with E-state index >= 15 is 0 Å².